The molecule has 5 heteroatoms. The Bertz CT molecular complexity index is 831. The SMILES string of the molecule is C[C@@]1(C(=O)O)CCC[C@H]1C(=O)c1ccc(-c2ccc(N)c(F)c2)cc1. The Hall–Kier alpha value is -2.69. The molecule has 0 heterocycles. The monoisotopic (exact) mass is 341 g/mol. The van der Waals surface area contributed by atoms with E-state index in [9.17, 15) is 19.1 Å². The van der Waals surface area contributed by atoms with Crippen molar-refractivity contribution in [3.63, 3.8) is 0 Å². The highest BCUT2D eigenvalue weighted by molar-refractivity contribution is 6.01. The number of aliphatic carboxylic acids is 1. The number of hydrogen-bond acceptors (Lipinski definition) is 3. The molecule has 0 spiro atoms. The van der Waals surface area contributed by atoms with E-state index in [2.05, 4.69) is 0 Å². The summed E-state index contributed by atoms with van der Waals surface area (Å²) >= 11 is 0. The summed E-state index contributed by atoms with van der Waals surface area (Å²) in [5.41, 5.74) is 6.49. The van der Waals surface area contributed by atoms with Crippen molar-refractivity contribution in [1.29, 1.82) is 0 Å². The Kier molecular flexibility index (Phi) is 4.33. The largest absolute Gasteiger partial charge is 0.481 e. The molecule has 0 unspecified atom stereocenters. The van der Waals surface area contributed by atoms with E-state index in [0.717, 1.165) is 12.0 Å². The molecule has 0 saturated heterocycles. The van der Waals surface area contributed by atoms with E-state index < -0.39 is 23.1 Å². The van der Waals surface area contributed by atoms with Gasteiger partial charge in [0.2, 0.25) is 0 Å². The van der Waals surface area contributed by atoms with Gasteiger partial charge in [-0.3, -0.25) is 9.59 Å². The van der Waals surface area contributed by atoms with Crippen LogP contribution < -0.4 is 5.73 Å². The first-order valence-electron chi connectivity index (χ1n) is 8.26. The standard InChI is InChI=1S/C20H20FNO3/c1-20(19(24)25)10-2-3-15(20)18(23)13-6-4-12(5-7-13)14-8-9-17(22)16(21)11-14/h4-9,11,15H,2-3,10,22H2,1H3,(H,24,25)/t15-,20+/m0/s1. The molecular weight excluding hydrogens is 321 g/mol. The summed E-state index contributed by atoms with van der Waals surface area (Å²) in [7, 11) is 0. The van der Waals surface area contributed by atoms with Gasteiger partial charge in [-0.2, -0.15) is 0 Å². The molecule has 1 fully saturated rings. The Labute approximate surface area is 145 Å². The predicted molar refractivity (Wildman–Crippen MR) is 93.7 cm³/mol. The van der Waals surface area contributed by atoms with Gasteiger partial charge in [0, 0.05) is 11.5 Å². The topological polar surface area (TPSA) is 80.4 Å². The summed E-state index contributed by atoms with van der Waals surface area (Å²) in [6.07, 6.45) is 1.84. The van der Waals surface area contributed by atoms with E-state index >= 15 is 0 Å². The average Bonchev–Trinajstić information content (AvgIpc) is 3.00. The van der Waals surface area contributed by atoms with Crippen molar-refractivity contribution in [3.05, 3.63) is 53.8 Å². The lowest BCUT2D eigenvalue weighted by Gasteiger charge is -2.25. The van der Waals surface area contributed by atoms with Gasteiger partial charge in [-0.1, -0.05) is 36.8 Å². The molecule has 130 valence electrons. The van der Waals surface area contributed by atoms with Crippen molar-refractivity contribution in [2.24, 2.45) is 11.3 Å². The van der Waals surface area contributed by atoms with E-state index in [1.165, 1.54) is 12.1 Å². The molecule has 3 rings (SSSR count). The zero-order chi connectivity index (χ0) is 18.2. The number of carboxylic acids is 1. The Balaban J connectivity index is 1.86. The number of rotatable bonds is 4. The van der Waals surface area contributed by atoms with Crippen LogP contribution in [0.5, 0.6) is 0 Å². The van der Waals surface area contributed by atoms with Crippen molar-refractivity contribution in [3.8, 4) is 11.1 Å². The lowest BCUT2D eigenvalue weighted by molar-refractivity contribution is -0.149. The van der Waals surface area contributed by atoms with Crippen LogP contribution in [0.15, 0.2) is 42.5 Å². The molecular formula is C20H20FNO3. The molecule has 0 radical (unpaired) electrons. The van der Waals surface area contributed by atoms with Crippen LogP contribution in [0, 0.1) is 17.2 Å². The summed E-state index contributed by atoms with van der Waals surface area (Å²) in [6, 6.07) is 11.4. The first-order chi connectivity index (χ1) is 11.8. The molecule has 1 aliphatic rings. The molecule has 1 aliphatic carbocycles. The maximum Gasteiger partial charge on any atom is 0.310 e. The molecule has 1 saturated carbocycles. The van der Waals surface area contributed by atoms with Gasteiger partial charge in [-0.15, -0.1) is 0 Å². The molecule has 2 aromatic rings. The van der Waals surface area contributed by atoms with Gasteiger partial charge in [-0.25, -0.2) is 4.39 Å². The second kappa shape index (κ2) is 6.31. The summed E-state index contributed by atoms with van der Waals surface area (Å²) in [6.45, 7) is 1.65. The quantitative estimate of drug-likeness (QED) is 0.647. The molecule has 0 amide bonds. The Morgan fingerprint density at radius 2 is 1.80 bits per heavy atom. The van der Waals surface area contributed by atoms with E-state index in [1.807, 2.05) is 0 Å². The maximum atomic E-state index is 13.6. The highest BCUT2D eigenvalue weighted by atomic mass is 19.1. The first-order valence-corrected chi connectivity index (χ1v) is 8.26. The minimum atomic E-state index is -1.00. The summed E-state index contributed by atoms with van der Waals surface area (Å²) in [5.74, 6) is -2.06. The molecule has 25 heavy (non-hydrogen) atoms. The van der Waals surface area contributed by atoms with Crippen molar-refractivity contribution in [2.45, 2.75) is 26.2 Å². The van der Waals surface area contributed by atoms with E-state index in [4.69, 9.17) is 5.73 Å². The normalized spacial score (nSPS) is 22.7. The molecule has 4 nitrogen and oxygen atoms in total. The molecule has 2 aromatic carbocycles. The number of nitrogens with two attached hydrogens (primary N) is 1. The fraction of sp³-hybridized carbons (Fsp3) is 0.300. The lowest BCUT2D eigenvalue weighted by Crippen LogP contribution is -2.36. The minimum absolute atomic E-state index is 0.0877. The van der Waals surface area contributed by atoms with Gasteiger partial charge in [-0.05, 0) is 43.0 Å². The van der Waals surface area contributed by atoms with Crippen LogP contribution in [-0.2, 0) is 4.79 Å². The smallest absolute Gasteiger partial charge is 0.310 e. The van der Waals surface area contributed by atoms with Gasteiger partial charge in [0.05, 0.1) is 11.1 Å². The lowest BCUT2D eigenvalue weighted by atomic mass is 9.76. The van der Waals surface area contributed by atoms with Gasteiger partial charge in [0.1, 0.15) is 5.82 Å². The van der Waals surface area contributed by atoms with Gasteiger partial charge >= 0.3 is 5.97 Å². The second-order valence-corrected chi connectivity index (χ2v) is 6.85. The number of Topliss-reactive ketones (excluding diaryl/α,β-unsaturated/α-hetero) is 1. The third kappa shape index (κ3) is 3.02. The number of carbonyl (C=O) groups excluding carboxylic acids is 1. The Morgan fingerprint density at radius 3 is 2.40 bits per heavy atom. The third-order valence-corrected chi connectivity index (χ3v) is 5.27. The van der Waals surface area contributed by atoms with Crippen LogP contribution in [0.1, 0.15) is 36.5 Å². The van der Waals surface area contributed by atoms with Gasteiger partial charge in [0.25, 0.3) is 0 Å². The number of ketones is 1. The number of benzene rings is 2. The number of hydrogen-bond donors (Lipinski definition) is 2. The number of anilines is 1. The van der Waals surface area contributed by atoms with Crippen LogP contribution >= 0.6 is 0 Å². The number of carboxylic acid groups (broad SMARTS) is 1. The van der Waals surface area contributed by atoms with Crippen molar-refractivity contribution in [2.75, 3.05) is 5.73 Å². The first kappa shape index (κ1) is 17.1. The zero-order valence-corrected chi connectivity index (χ0v) is 14.0. The maximum absolute atomic E-state index is 13.6. The predicted octanol–water partition coefficient (Wildman–Crippen LogP) is 4.15. The van der Waals surface area contributed by atoms with Gasteiger partial charge < -0.3 is 10.8 Å². The summed E-state index contributed by atoms with van der Waals surface area (Å²) in [5, 5.41) is 9.48. The van der Waals surface area contributed by atoms with E-state index in [1.54, 1.807) is 37.3 Å². The van der Waals surface area contributed by atoms with E-state index in [-0.39, 0.29) is 11.5 Å². The molecule has 3 N–H and O–H groups in total. The number of carbonyl (C=O) groups is 2. The molecule has 0 bridgehead atoms. The van der Waals surface area contributed by atoms with E-state index in [0.29, 0.717) is 24.0 Å². The molecule has 0 aromatic heterocycles. The minimum Gasteiger partial charge on any atom is -0.481 e. The van der Waals surface area contributed by atoms with Crippen LogP contribution in [0.3, 0.4) is 0 Å². The second-order valence-electron chi connectivity index (χ2n) is 6.85. The fourth-order valence-electron chi connectivity index (χ4n) is 3.58. The highest BCUT2D eigenvalue weighted by Crippen LogP contribution is 2.45. The van der Waals surface area contributed by atoms with Crippen molar-refractivity contribution >= 4 is 17.4 Å². The van der Waals surface area contributed by atoms with Crippen LogP contribution in [0.25, 0.3) is 11.1 Å². The zero-order valence-electron chi connectivity index (χ0n) is 14.0. The third-order valence-electron chi connectivity index (χ3n) is 5.27. The van der Waals surface area contributed by atoms with Crippen LogP contribution in [0.2, 0.25) is 0 Å². The van der Waals surface area contributed by atoms with Crippen molar-refractivity contribution < 1.29 is 19.1 Å². The fourth-order valence-corrected chi connectivity index (χ4v) is 3.58. The number of nitrogen functional groups attached to an aromatic ring is 1. The summed E-state index contributed by atoms with van der Waals surface area (Å²) < 4.78 is 13.6. The van der Waals surface area contributed by atoms with Crippen LogP contribution in [0.4, 0.5) is 10.1 Å². The average molecular weight is 341 g/mol. The summed E-state index contributed by atoms with van der Waals surface area (Å²) in [4.78, 5) is 24.3. The van der Waals surface area contributed by atoms with Crippen LogP contribution in [-0.4, -0.2) is 16.9 Å². The highest BCUT2D eigenvalue weighted by Gasteiger charge is 2.48. The molecule has 2 atom stereocenters. The van der Waals surface area contributed by atoms with Crippen molar-refractivity contribution in [1.82, 2.24) is 0 Å². The van der Waals surface area contributed by atoms with Gasteiger partial charge in [0.15, 0.2) is 5.78 Å². The molecule has 0 aliphatic heterocycles. The Morgan fingerprint density at radius 1 is 1.16 bits per heavy atom. The number of halogens is 1.